The van der Waals surface area contributed by atoms with Gasteiger partial charge in [0.05, 0.1) is 16.1 Å². The van der Waals surface area contributed by atoms with Gasteiger partial charge in [0.25, 0.3) is 20.2 Å². The molecular formula is C14H7ClO8S2. The summed E-state index contributed by atoms with van der Waals surface area (Å²) in [5.41, 5.74) is -1.70. The highest BCUT2D eigenvalue weighted by Gasteiger charge is 2.37. The molecule has 0 atom stereocenters. The number of ketones is 2. The Bertz CT molecular complexity index is 1180. The fourth-order valence-corrected chi connectivity index (χ4v) is 4.43. The van der Waals surface area contributed by atoms with Crippen molar-refractivity contribution in [1.29, 1.82) is 0 Å². The van der Waals surface area contributed by atoms with Crippen LogP contribution in [0.2, 0.25) is 5.02 Å². The van der Waals surface area contributed by atoms with Crippen LogP contribution in [0.4, 0.5) is 0 Å². The molecule has 0 amide bonds. The van der Waals surface area contributed by atoms with Crippen LogP contribution >= 0.6 is 11.6 Å². The molecule has 0 spiro atoms. The quantitative estimate of drug-likeness (QED) is 0.615. The van der Waals surface area contributed by atoms with Crippen molar-refractivity contribution in [2.45, 2.75) is 9.79 Å². The van der Waals surface area contributed by atoms with Gasteiger partial charge < -0.3 is 0 Å². The van der Waals surface area contributed by atoms with E-state index in [0.29, 0.717) is 0 Å². The molecule has 0 unspecified atom stereocenters. The Hall–Kier alpha value is -2.11. The molecule has 25 heavy (non-hydrogen) atoms. The lowest BCUT2D eigenvalue weighted by Crippen LogP contribution is -2.24. The summed E-state index contributed by atoms with van der Waals surface area (Å²) in [6.45, 7) is 0. The predicted molar refractivity (Wildman–Crippen MR) is 84.4 cm³/mol. The fraction of sp³-hybridized carbons (Fsp3) is 0. The van der Waals surface area contributed by atoms with Gasteiger partial charge in [-0.3, -0.25) is 18.7 Å². The molecule has 3 rings (SSSR count). The van der Waals surface area contributed by atoms with Gasteiger partial charge in [0.1, 0.15) is 9.79 Å². The predicted octanol–water partition coefficient (Wildman–Crippen LogP) is 1.61. The maximum Gasteiger partial charge on any atom is 0.296 e. The lowest BCUT2D eigenvalue weighted by atomic mass is 9.84. The standard InChI is InChI=1S/C14H7ClO8S2/c15-12-9(25(21,22)23)5-4-7-11(12)14(17)6-2-1-3-8(24(18,19)20)10(6)13(7)16/h1-5H,(H,18,19,20)(H,21,22,23). The number of hydrogen-bond donors (Lipinski definition) is 2. The summed E-state index contributed by atoms with van der Waals surface area (Å²) >= 11 is 5.89. The Morgan fingerprint density at radius 1 is 0.720 bits per heavy atom. The first-order chi connectivity index (χ1) is 11.4. The first-order valence-electron chi connectivity index (χ1n) is 6.44. The molecule has 2 N–H and O–H groups in total. The van der Waals surface area contributed by atoms with E-state index in [-0.39, 0.29) is 11.1 Å². The van der Waals surface area contributed by atoms with E-state index >= 15 is 0 Å². The van der Waals surface area contributed by atoms with Gasteiger partial charge in [-0.05, 0) is 18.2 Å². The topological polar surface area (TPSA) is 143 Å². The second kappa shape index (κ2) is 5.44. The Morgan fingerprint density at radius 3 is 1.80 bits per heavy atom. The van der Waals surface area contributed by atoms with E-state index in [1.165, 1.54) is 0 Å². The molecule has 1 aliphatic carbocycles. The summed E-state index contributed by atoms with van der Waals surface area (Å²) in [6, 6.07) is 5.00. The minimum absolute atomic E-state index is 0.342. The lowest BCUT2D eigenvalue weighted by Gasteiger charge is -2.20. The van der Waals surface area contributed by atoms with E-state index in [0.717, 1.165) is 30.3 Å². The van der Waals surface area contributed by atoms with Crippen LogP contribution in [0.25, 0.3) is 0 Å². The molecule has 0 saturated carbocycles. The minimum atomic E-state index is -4.79. The zero-order chi connectivity index (χ0) is 18.7. The number of benzene rings is 2. The van der Waals surface area contributed by atoms with Gasteiger partial charge in [-0.15, -0.1) is 0 Å². The van der Waals surface area contributed by atoms with Crippen LogP contribution in [0, 0.1) is 0 Å². The summed E-state index contributed by atoms with van der Waals surface area (Å²) in [4.78, 5) is 23.8. The Labute approximate surface area is 146 Å². The molecule has 0 bridgehead atoms. The molecule has 0 aromatic heterocycles. The molecule has 0 saturated heterocycles. The third-order valence-corrected chi connectivity index (χ3v) is 5.93. The van der Waals surface area contributed by atoms with Crippen LogP contribution in [0.5, 0.6) is 0 Å². The van der Waals surface area contributed by atoms with Crippen molar-refractivity contribution in [2.75, 3.05) is 0 Å². The van der Waals surface area contributed by atoms with Gasteiger partial charge in [0.2, 0.25) is 0 Å². The van der Waals surface area contributed by atoms with Gasteiger partial charge in [-0.1, -0.05) is 23.7 Å². The van der Waals surface area contributed by atoms with Crippen LogP contribution in [0.1, 0.15) is 31.8 Å². The van der Waals surface area contributed by atoms with E-state index in [9.17, 15) is 31.0 Å². The first-order valence-corrected chi connectivity index (χ1v) is 9.70. The van der Waals surface area contributed by atoms with E-state index in [4.69, 9.17) is 16.2 Å². The molecule has 8 nitrogen and oxygen atoms in total. The monoisotopic (exact) mass is 402 g/mol. The molecule has 2 aromatic rings. The number of rotatable bonds is 2. The van der Waals surface area contributed by atoms with Gasteiger partial charge in [0.15, 0.2) is 11.6 Å². The van der Waals surface area contributed by atoms with Crippen molar-refractivity contribution in [2.24, 2.45) is 0 Å². The Kier molecular flexibility index (Phi) is 3.86. The van der Waals surface area contributed by atoms with Crippen LogP contribution < -0.4 is 0 Å². The number of halogens is 1. The number of carbonyl (C=O) groups excluding carboxylic acids is 2. The first kappa shape index (κ1) is 17.7. The van der Waals surface area contributed by atoms with Crippen molar-refractivity contribution < 1.29 is 35.5 Å². The lowest BCUT2D eigenvalue weighted by molar-refractivity contribution is 0.0976. The van der Waals surface area contributed by atoms with E-state index < -0.39 is 57.7 Å². The molecule has 1 aliphatic rings. The van der Waals surface area contributed by atoms with Crippen LogP contribution in [0.15, 0.2) is 40.1 Å². The largest absolute Gasteiger partial charge is 0.296 e. The number of hydrogen-bond acceptors (Lipinski definition) is 6. The normalized spacial score (nSPS) is 14.2. The second-order valence-electron chi connectivity index (χ2n) is 5.09. The zero-order valence-electron chi connectivity index (χ0n) is 11.9. The molecular weight excluding hydrogens is 396 g/mol. The highest BCUT2D eigenvalue weighted by atomic mass is 35.5. The van der Waals surface area contributed by atoms with Crippen LogP contribution in [-0.4, -0.2) is 37.5 Å². The molecule has 0 fully saturated rings. The molecule has 0 heterocycles. The Balaban J connectivity index is 2.41. The van der Waals surface area contributed by atoms with Crippen molar-refractivity contribution in [1.82, 2.24) is 0 Å². The summed E-state index contributed by atoms with van der Waals surface area (Å²) in [6.07, 6.45) is 0. The Morgan fingerprint density at radius 2 is 1.24 bits per heavy atom. The maximum atomic E-state index is 12.6. The van der Waals surface area contributed by atoms with Crippen molar-refractivity contribution in [3.8, 4) is 0 Å². The van der Waals surface area contributed by atoms with Crippen LogP contribution in [0.3, 0.4) is 0 Å². The summed E-state index contributed by atoms with van der Waals surface area (Å²) in [5.74, 6) is -1.84. The molecule has 2 aromatic carbocycles. The van der Waals surface area contributed by atoms with E-state index in [1.54, 1.807) is 0 Å². The summed E-state index contributed by atoms with van der Waals surface area (Å²) in [5, 5.41) is -0.652. The van der Waals surface area contributed by atoms with Gasteiger partial charge in [-0.2, -0.15) is 16.8 Å². The molecule has 11 heteroatoms. The molecule has 130 valence electrons. The zero-order valence-corrected chi connectivity index (χ0v) is 14.3. The summed E-state index contributed by atoms with van der Waals surface area (Å²) < 4.78 is 64.0. The third-order valence-electron chi connectivity index (χ3n) is 3.63. The van der Waals surface area contributed by atoms with Gasteiger partial charge in [0, 0.05) is 11.1 Å². The molecule has 0 radical (unpaired) electrons. The van der Waals surface area contributed by atoms with E-state index in [1.807, 2.05) is 0 Å². The highest BCUT2D eigenvalue weighted by molar-refractivity contribution is 7.86. The molecule has 0 aliphatic heterocycles. The van der Waals surface area contributed by atoms with Gasteiger partial charge >= 0.3 is 0 Å². The minimum Gasteiger partial charge on any atom is -0.289 e. The van der Waals surface area contributed by atoms with Crippen molar-refractivity contribution in [3.63, 3.8) is 0 Å². The fourth-order valence-electron chi connectivity index (χ4n) is 2.61. The number of carbonyl (C=O) groups is 2. The average molecular weight is 403 g/mol. The van der Waals surface area contributed by atoms with Gasteiger partial charge in [-0.25, -0.2) is 0 Å². The smallest absolute Gasteiger partial charge is 0.289 e. The van der Waals surface area contributed by atoms with E-state index in [2.05, 4.69) is 0 Å². The van der Waals surface area contributed by atoms with Crippen LogP contribution in [-0.2, 0) is 20.2 Å². The summed E-state index contributed by atoms with van der Waals surface area (Å²) in [7, 11) is -9.53. The number of fused-ring (bicyclic) bond motifs is 2. The maximum absolute atomic E-state index is 12.6. The second-order valence-corrected chi connectivity index (χ2v) is 8.25. The average Bonchev–Trinajstić information content (AvgIpc) is 2.49. The third kappa shape index (κ3) is 2.68. The highest BCUT2D eigenvalue weighted by Crippen LogP contribution is 2.37. The van der Waals surface area contributed by atoms with Crippen molar-refractivity contribution >= 4 is 43.4 Å². The SMILES string of the molecule is O=C1c2ccc(S(=O)(=O)O)c(Cl)c2C(=O)c2cccc(S(=O)(=O)O)c21. The van der Waals surface area contributed by atoms with Crippen molar-refractivity contribution in [3.05, 3.63) is 57.6 Å².